The molecule has 1 aromatic carbocycles. The molecule has 0 atom stereocenters. The lowest BCUT2D eigenvalue weighted by Crippen LogP contribution is -2.24. The predicted molar refractivity (Wildman–Crippen MR) is 65.5 cm³/mol. The van der Waals surface area contributed by atoms with Crippen LogP contribution in [-0.2, 0) is 13.6 Å². The number of benzene rings is 1. The Morgan fingerprint density at radius 1 is 1.44 bits per heavy atom. The number of aromatic nitrogens is 2. The molecule has 0 spiro atoms. The molecule has 1 aromatic heterocycles. The monoisotopic (exact) mass is 247 g/mol. The zero-order valence-electron chi connectivity index (χ0n) is 10.3. The predicted octanol–water partition coefficient (Wildman–Crippen LogP) is 1.80. The van der Waals surface area contributed by atoms with E-state index < -0.39 is 0 Å². The van der Waals surface area contributed by atoms with Crippen molar-refractivity contribution in [2.45, 2.75) is 13.5 Å². The van der Waals surface area contributed by atoms with E-state index in [9.17, 15) is 9.18 Å². The summed E-state index contributed by atoms with van der Waals surface area (Å²) < 4.78 is 15.0. The smallest absolute Gasteiger partial charge is 0.251 e. The number of nitrogens with zero attached hydrogens (tertiary/aromatic N) is 2. The topological polar surface area (TPSA) is 46.9 Å². The molecule has 2 rings (SSSR count). The highest BCUT2D eigenvalue weighted by molar-refractivity contribution is 5.94. The van der Waals surface area contributed by atoms with E-state index in [0.717, 1.165) is 5.69 Å². The zero-order valence-corrected chi connectivity index (χ0v) is 10.3. The Morgan fingerprint density at radius 2 is 2.22 bits per heavy atom. The van der Waals surface area contributed by atoms with Gasteiger partial charge in [0, 0.05) is 18.8 Å². The second-order valence-corrected chi connectivity index (χ2v) is 4.09. The molecule has 0 radical (unpaired) electrons. The van der Waals surface area contributed by atoms with Crippen molar-refractivity contribution in [3.8, 4) is 0 Å². The summed E-state index contributed by atoms with van der Waals surface area (Å²) in [6.45, 7) is 2.03. The Hall–Kier alpha value is -2.17. The van der Waals surface area contributed by atoms with E-state index in [1.165, 1.54) is 6.07 Å². The fourth-order valence-corrected chi connectivity index (χ4v) is 1.58. The number of rotatable bonds is 3. The van der Waals surface area contributed by atoms with Crippen molar-refractivity contribution in [3.63, 3.8) is 0 Å². The van der Waals surface area contributed by atoms with Crippen LogP contribution in [0.3, 0.4) is 0 Å². The number of halogens is 1. The molecular weight excluding hydrogens is 233 g/mol. The Morgan fingerprint density at radius 3 is 2.83 bits per heavy atom. The third-order valence-electron chi connectivity index (χ3n) is 2.79. The number of carbonyl (C=O) groups excluding carboxylic acids is 1. The van der Waals surface area contributed by atoms with Crippen molar-refractivity contribution in [2.24, 2.45) is 7.05 Å². The summed E-state index contributed by atoms with van der Waals surface area (Å²) in [6, 6.07) is 6.26. The van der Waals surface area contributed by atoms with Crippen LogP contribution in [0.15, 0.2) is 30.5 Å². The van der Waals surface area contributed by atoms with E-state index >= 15 is 0 Å². The number of aryl methyl sites for hydroxylation is 2. The molecule has 0 fully saturated rings. The summed E-state index contributed by atoms with van der Waals surface area (Å²) >= 11 is 0. The van der Waals surface area contributed by atoms with Crippen molar-refractivity contribution in [3.05, 3.63) is 53.1 Å². The van der Waals surface area contributed by atoms with Gasteiger partial charge in [0.25, 0.3) is 5.91 Å². The first-order valence-corrected chi connectivity index (χ1v) is 5.59. The average molecular weight is 247 g/mol. The largest absolute Gasteiger partial charge is 0.346 e. The number of hydrogen-bond acceptors (Lipinski definition) is 2. The maximum absolute atomic E-state index is 13.3. The minimum atomic E-state index is -0.372. The van der Waals surface area contributed by atoms with Gasteiger partial charge in [-0.15, -0.1) is 0 Å². The second kappa shape index (κ2) is 5.00. The quantitative estimate of drug-likeness (QED) is 0.899. The average Bonchev–Trinajstić information content (AvgIpc) is 2.75. The van der Waals surface area contributed by atoms with Crippen LogP contribution in [0.25, 0.3) is 0 Å². The van der Waals surface area contributed by atoms with Gasteiger partial charge in [0.1, 0.15) is 5.82 Å². The number of carbonyl (C=O) groups is 1. The molecule has 1 heterocycles. The normalized spacial score (nSPS) is 10.4. The van der Waals surface area contributed by atoms with Crippen molar-refractivity contribution >= 4 is 5.91 Å². The fraction of sp³-hybridized carbons (Fsp3) is 0.231. The number of hydrogen-bond donors (Lipinski definition) is 1. The van der Waals surface area contributed by atoms with Crippen LogP contribution in [0.4, 0.5) is 4.39 Å². The molecule has 0 aliphatic rings. The van der Waals surface area contributed by atoms with Gasteiger partial charge in [-0.3, -0.25) is 9.48 Å². The fourth-order valence-electron chi connectivity index (χ4n) is 1.58. The molecular formula is C13H14FN3O. The van der Waals surface area contributed by atoms with Gasteiger partial charge in [0.05, 0.1) is 12.2 Å². The van der Waals surface area contributed by atoms with Crippen LogP contribution in [-0.4, -0.2) is 15.7 Å². The molecule has 0 aliphatic heterocycles. The Bertz CT molecular complexity index is 577. The van der Waals surface area contributed by atoms with Gasteiger partial charge in [-0.05, 0) is 30.7 Å². The van der Waals surface area contributed by atoms with E-state index in [0.29, 0.717) is 17.7 Å². The minimum Gasteiger partial charge on any atom is -0.346 e. The van der Waals surface area contributed by atoms with Gasteiger partial charge < -0.3 is 5.32 Å². The van der Waals surface area contributed by atoms with Gasteiger partial charge in [-0.25, -0.2) is 4.39 Å². The highest BCUT2D eigenvalue weighted by atomic mass is 19.1. The molecule has 0 unspecified atom stereocenters. The van der Waals surface area contributed by atoms with Crippen molar-refractivity contribution in [1.29, 1.82) is 0 Å². The van der Waals surface area contributed by atoms with E-state index in [1.807, 2.05) is 6.07 Å². The Balaban J connectivity index is 2.04. The number of nitrogens with one attached hydrogen (secondary N) is 1. The lowest BCUT2D eigenvalue weighted by atomic mass is 10.1. The SMILES string of the molecule is Cc1ccc(C(=O)NCc2ccnn2C)cc1F. The molecule has 5 heteroatoms. The maximum atomic E-state index is 13.3. The van der Waals surface area contributed by atoms with Crippen molar-refractivity contribution in [2.75, 3.05) is 0 Å². The molecule has 0 saturated heterocycles. The maximum Gasteiger partial charge on any atom is 0.251 e. The molecule has 18 heavy (non-hydrogen) atoms. The highest BCUT2D eigenvalue weighted by Gasteiger charge is 2.08. The lowest BCUT2D eigenvalue weighted by molar-refractivity contribution is 0.0949. The van der Waals surface area contributed by atoms with Gasteiger partial charge >= 0.3 is 0 Å². The minimum absolute atomic E-state index is 0.296. The van der Waals surface area contributed by atoms with Crippen molar-refractivity contribution in [1.82, 2.24) is 15.1 Å². The van der Waals surface area contributed by atoms with Crippen LogP contribution >= 0.6 is 0 Å². The van der Waals surface area contributed by atoms with Gasteiger partial charge in [-0.2, -0.15) is 5.10 Å². The van der Waals surface area contributed by atoms with Crippen LogP contribution < -0.4 is 5.32 Å². The first kappa shape index (κ1) is 12.3. The van der Waals surface area contributed by atoms with Crippen LogP contribution in [0.5, 0.6) is 0 Å². The standard InChI is InChI=1S/C13H14FN3O/c1-9-3-4-10(7-12(9)14)13(18)15-8-11-5-6-16-17(11)2/h3-7H,8H2,1-2H3,(H,15,18). The summed E-state index contributed by atoms with van der Waals surface area (Å²) in [5.74, 6) is -0.668. The van der Waals surface area contributed by atoms with Crippen LogP contribution in [0.1, 0.15) is 21.6 Å². The molecule has 0 aliphatic carbocycles. The summed E-state index contributed by atoms with van der Waals surface area (Å²) in [7, 11) is 1.80. The van der Waals surface area contributed by atoms with E-state index in [1.54, 1.807) is 37.0 Å². The third-order valence-corrected chi connectivity index (χ3v) is 2.79. The number of amides is 1. The van der Waals surface area contributed by atoms with E-state index in [4.69, 9.17) is 0 Å². The zero-order chi connectivity index (χ0) is 13.1. The molecule has 1 N–H and O–H groups in total. The molecule has 1 amide bonds. The molecule has 94 valence electrons. The molecule has 2 aromatic rings. The van der Waals surface area contributed by atoms with Crippen molar-refractivity contribution < 1.29 is 9.18 Å². The summed E-state index contributed by atoms with van der Waals surface area (Å²) in [4.78, 5) is 11.8. The second-order valence-electron chi connectivity index (χ2n) is 4.09. The third kappa shape index (κ3) is 2.56. The first-order chi connectivity index (χ1) is 8.58. The van der Waals surface area contributed by atoms with E-state index in [2.05, 4.69) is 10.4 Å². The Kier molecular flexibility index (Phi) is 3.41. The van der Waals surface area contributed by atoms with Crippen LogP contribution in [0, 0.1) is 12.7 Å². The van der Waals surface area contributed by atoms with Gasteiger partial charge in [0.15, 0.2) is 0 Å². The molecule has 0 bridgehead atoms. The molecule has 4 nitrogen and oxygen atoms in total. The van der Waals surface area contributed by atoms with Gasteiger partial charge in [-0.1, -0.05) is 6.07 Å². The molecule has 0 saturated carbocycles. The van der Waals surface area contributed by atoms with Crippen LogP contribution in [0.2, 0.25) is 0 Å². The van der Waals surface area contributed by atoms with E-state index in [-0.39, 0.29) is 11.7 Å². The Labute approximate surface area is 104 Å². The van der Waals surface area contributed by atoms with Gasteiger partial charge in [0.2, 0.25) is 0 Å². The summed E-state index contributed by atoms with van der Waals surface area (Å²) in [5, 5.41) is 6.72. The lowest BCUT2D eigenvalue weighted by Gasteiger charge is -2.06. The highest BCUT2D eigenvalue weighted by Crippen LogP contribution is 2.09. The summed E-state index contributed by atoms with van der Waals surface area (Å²) in [6.07, 6.45) is 1.66. The first-order valence-electron chi connectivity index (χ1n) is 5.59. The summed E-state index contributed by atoms with van der Waals surface area (Å²) in [5.41, 5.74) is 1.73.